The van der Waals surface area contributed by atoms with Crippen LogP contribution in [-0.2, 0) is 20.7 Å². The van der Waals surface area contributed by atoms with Crippen LogP contribution in [0.1, 0.15) is 66.0 Å². The molecule has 0 saturated carbocycles. The third-order valence-electron chi connectivity index (χ3n) is 4.74. The Labute approximate surface area is 197 Å². The molecule has 1 saturated heterocycles. The highest BCUT2D eigenvalue weighted by Gasteiger charge is 2.35. The number of anilines is 1. The van der Waals surface area contributed by atoms with Crippen molar-refractivity contribution in [3.63, 3.8) is 0 Å². The van der Waals surface area contributed by atoms with E-state index in [0.29, 0.717) is 23.3 Å². The van der Waals surface area contributed by atoms with Gasteiger partial charge in [0.15, 0.2) is 0 Å². The number of nitrogens with zero attached hydrogens (tertiary/aromatic N) is 3. The number of oxazole rings is 1. The molecule has 1 N–H and O–H groups in total. The summed E-state index contributed by atoms with van der Waals surface area (Å²) in [5.74, 6) is 1.44. The molecule has 10 heteroatoms. The number of aromatic nitrogens is 2. The monoisotopic (exact) mass is 480 g/mol. The Morgan fingerprint density at radius 3 is 2.59 bits per heavy atom. The van der Waals surface area contributed by atoms with Gasteiger partial charge in [-0.05, 0) is 40.2 Å². The average Bonchev–Trinajstić information content (AvgIpc) is 3.35. The highest BCUT2D eigenvalue weighted by Crippen LogP contribution is 2.35. The quantitative estimate of drug-likeness (QED) is 0.598. The minimum Gasteiger partial charge on any atom is -0.444 e. The van der Waals surface area contributed by atoms with Crippen molar-refractivity contribution in [2.24, 2.45) is 5.92 Å². The molecule has 0 radical (unpaired) electrons. The molecule has 2 amide bonds. The maximum Gasteiger partial charge on any atom is 0.423 e. The van der Waals surface area contributed by atoms with E-state index in [1.54, 1.807) is 33.2 Å². The van der Waals surface area contributed by atoms with Crippen LogP contribution in [0.3, 0.4) is 0 Å². The maximum atomic E-state index is 13.2. The van der Waals surface area contributed by atoms with Crippen molar-refractivity contribution < 1.29 is 18.7 Å². The van der Waals surface area contributed by atoms with Crippen LogP contribution in [0, 0.1) is 5.92 Å². The summed E-state index contributed by atoms with van der Waals surface area (Å²) >= 11 is 2.79. The van der Waals surface area contributed by atoms with Gasteiger partial charge >= 0.3 is 6.09 Å². The van der Waals surface area contributed by atoms with E-state index in [4.69, 9.17) is 9.15 Å². The molecule has 2 aromatic rings. The van der Waals surface area contributed by atoms with E-state index in [9.17, 15) is 9.59 Å². The first-order valence-corrected chi connectivity index (χ1v) is 12.6. The van der Waals surface area contributed by atoms with Crippen LogP contribution < -0.4 is 10.2 Å². The predicted octanol–water partition coefficient (Wildman–Crippen LogP) is 4.99. The van der Waals surface area contributed by atoms with Crippen molar-refractivity contribution in [3.8, 4) is 0 Å². The summed E-state index contributed by atoms with van der Waals surface area (Å²) in [5.41, 5.74) is -0.819. The van der Waals surface area contributed by atoms with Gasteiger partial charge in [-0.2, -0.15) is 4.90 Å². The standard InChI is InChI=1S/C22H32N4O4S2/c1-21(2,3)15-11-24-16(29-15)13-31-17-12-25-19(32-17)26(20(28)30-22(4,5)6)18(27)14-8-7-9-23-10-14/h11-12,14,23H,7-10,13H2,1-6H3. The minimum atomic E-state index is -0.717. The molecule has 32 heavy (non-hydrogen) atoms. The zero-order valence-corrected chi connectivity index (χ0v) is 21.2. The fourth-order valence-electron chi connectivity index (χ4n) is 3.09. The molecule has 8 nitrogen and oxygen atoms in total. The van der Waals surface area contributed by atoms with E-state index in [-0.39, 0.29) is 17.2 Å². The molecule has 3 rings (SSSR count). The number of carbonyl (C=O) groups is 2. The Kier molecular flexibility index (Phi) is 7.67. The first-order valence-electron chi connectivity index (χ1n) is 10.8. The average molecular weight is 481 g/mol. The Morgan fingerprint density at radius 2 is 2.00 bits per heavy atom. The zero-order valence-electron chi connectivity index (χ0n) is 19.6. The lowest BCUT2D eigenvalue weighted by Crippen LogP contribution is -2.47. The Balaban J connectivity index is 1.74. The highest BCUT2D eigenvalue weighted by molar-refractivity contribution is 8.00. The van der Waals surface area contributed by atoms with Gasteiger partial charge in [0.25, 0.3) is 0 Å². The number of piperidine rings is 1. The van der Waals surface area contributed by atoms with Crippen LogP contribution in [0.15, 0.2) is 21.0 Å². The second-order valence-electron chi connectivity index (χ2n) is 9.82. The fourth-order valence-corrected chi connectivity index (χ4v) is 4.90. The van der Waals surface area contributed by atoms with Gasteiger partial charge < -0.3 is 14.5 Å². The molecule has 0 aromatic carbocycles. The van der Waals surface area contributed by atoms with Crippen LogP contribution >= 0.6 is 23.1 Å². The summed E-state index contributed by atoms with van der Waals surface area (Å²) in [7, 11) is 0. The normalized spacial score (nSPS) is 17.2. The molecule has 2 aromatic heterocycles. The lowest BCUT2D eigenvalue weighted by molar-refractivity contribution is -0.122. The van der Waals surface area contributed by atoms with Crippen LogP contribution in [0.2, 0.25) is 0 Å². The molecular formula is C22H32N4O4S2. The Hall–Kier alpha value is -1.91. The SMILES string of the molecule is CC(C)(C)OC(=O)N(C(=O)C1CCCNC1)c1ncc(SCc2ncc(C(C)(C)C)o2)s1. The van der Waals surface area contributed by atoms with Crippen molar-refractivity contribution in [2.75, 3.05) is 18.0 Å². The third-order valence-corrected chi connectivity index (χ3v) is 6.90. The summed E-state index contributed by atoms with van der Waals surface area (Å²) < 4.78 is 12.2. The van der Waals surface area contributed by atoms with Gasteiger partial charge in [-0.25, -0.2) is 14.8 Å². The third kappa shape index (κ3) is 6.55. The van der Waals surface area contributed by atoms with Crippen LogP contribution in [0.25, 0.3) is 0 Å². The van der Waals surface area contributed by atoms with Crippen molar-refractivity contribution in [1.29, 1.82) is 0 Å². The van der Waals surface area contributed by atoms with Gasteiger partial charge in [0, 0.05) is 12.0 Å². The van der Waals surface area contributed by atoms with E-state index < -0.39 is 11.7 Å². The van der Waals surface area contributed by atoms with Crippen LogP contribution in [0.5, 0.6) is 0 Å². The summed E-state index contributed by atoms with van der Waals surface area (Å²) in [6, 6.07) is 0. The Bertz CT molecular complexity index is 936. The topological polar surface area (TPSA) is 97.6 Å². The van der Waals surface area contributed by atoms with Crippen molar-refractivity contribution in [1.82, 2.24) is 15.3 Å². The van der Waals surface area contributed by atoms with Gasteiger partial charge in [-0.3, -0.25) is 4.79 Å². The zero-order chi connectivity index (χ0) is 23.5. The van der Waals surface area contributed by atoms with E-state index in [1.165, 1.54) is 23.1 Å². The summed E-state index contributed by atoms with van der Waals surface area (Å²) in [6.07, 6.45) is 4.36. The lowest BCUT2D eigenvalue weighted by Gasteiger charge is -2.29. The van der Waals surface area contributed by atoms with E-state index in [2.05, 4.69) is 36.1 Å². The van der Waals surface area contributed by atoms with Crippen molar-refractivity contribution >= 4 is 40.2 Å². The number of thiazole rings is 1. The molecule has 1 fully saturated rings. The van der Waals surface area contributed by atoms with Gasteiger partial charge in [0.1, 0.15) is 11.4 Å². The predicted molar refractivity (Wildman–Crippen MR) is 126 cm³/mol. The van der Waals surface area contributed by atoms with E-state index in [0.717, 1.165) is 34.3 Å². The number of nitrogens with one attached hydrogen (secondary N) is 1. The van der Waals surface area contributed by atoms with Gasteiger partial charge in [-0.1, -0.05) is 32.1 Å². The maximum absolute atomic E-state index is 13.2. The number of thioether (sulfide) groups is 1. The molecule has 176 valence electrons. The van der Waals surface area contributed by atoms with Crippen molar-refractivity contribution in [3.05, 3.63) is 24.0 Å². The summed E-state index contributed by atoms with van der Waals surface area (Å²) in [6.45, 7) is 13.0. The molecule has 0 spiro atoms. The van der Waals surface area contributed by atoms with E-state index in [1.807, 2.05) is 0 Å². The molecular weight excluding hydrogens is 448 g/mol. The second-order valence-corrected chi connectivity index (χ2v) is 12.1. The van der Waals surface area contributed by atoms with Crippen LogP contribution in [-0.4, -0.2) is 40.7 Å². The number of rotatable bonds is 5. The molecule has 0 bridgehead atoms. The second kappa shape index (κ2) is 9.93. The summed E-state index contributed by atoms with van der Waals surface area (Å²) in [5, 5.41) is 3.55. The molecule has 1 aliphatic rings. The fraction of sp³-hybridized carbons (Fsp3) is 0.636. The van der Waals surface area contributed by atoms with Gasteiger partial charge in [0.2, 0.25) is 16.9 Å². The molecule has 0 aliphatic carbocycles. The molecule has 1 atom stereocenters. The van der Waals surface area contributed by atoms with Gasteiger partial charge in [0.05, 0.1) is 28.3 Å². The number of hydrogen-bond acceptors (Lipinski definition) is 9. The molecule has 1 aliphatic heterocycles. The first-order chi connectivity index (χ1) is 14.9. The smallest absolute Gasteiger partial charge is 0.423 e. The number of imide groups is 1. The van der Waals surface area contributed by atoms with Crippen molar-refractivity contribution in [2.45, 2.75) is 75.4 Å². The molecule has 3 heterocycles. The number of carbonyl (C=O) groups excluding carboxylic acids is 2. The lowest BCUT2D eigenvalue weighted by atomic mass is 9.94. The van der Waals surface area contributed by atoms with Gasteiger partial charge in [-0.15, -0.1) is 11.8 Å². The molecule has 1 unspecified atom stereocenters. The summed E-state index contributed by atoms with van der Waals surface area (Å²) in [4.78, 5) is 36.0. The number of hydrogen-bond donors (Lipinski definition) is 1. The van der Waals surface area contributed by atoms with E-state index >= 15 is 0 Å². The van der Waals surface area contributed by atoms with Crippen LogP contribution in [0.4, 0.5) is 9.93 Å². The number of amides is 2. The Morgan fingerprint density at radius 1 is 1.25 bits per heavy atom. The largest absolute Gasteiger partial charge is 0.444 e. The highest BCUT2D eigenvalue weighted by atomic mass is 32.2. The number of ether oxygens (including phenoxy) is 1. The first kappa shape index (κ1) is 24.7. The minimum absolute atomic E-state index is 0.101.